The van der Waals surface area contributed by atoms with Gasteiger partial charge in [0.1, 0.15) is 5.75 Å². The molecular weight excluding hydrogens is 434 g/mol. The zero-order valence-electron chi connectivity index (χ0n) is 18.8. The second kappa shape index (κ2) is 11.9. The minimum atomic E-state index is -0.833. The molecule has 9 heteroatoms. The monoisotopic (exact) mass is 465 g/mol. The van der Waals surface area contributed by atoms with E-state index in [0.717, 1.165) is 50.0 Å². The quantitative estimate of drug-likeness (QED) is 0.594. The highest BCUT2D eigenvalue weighted by molar-refractivity contribution is 6.30. The Bertz CT molecular complexity index is 870. The van der Waals surface area contributed by atoms with Crippen LogP contribution in [0.15, 0.2) is 36.9 Å². The smallest absolute Gasteiger partial charge is 0.300 e. The molecule has 1 saturated heterocycles. The number of hydrogen-bond acceptors (Lipinski definition) is 5. The van der Waals surface area contributed by atoms with Gasteiger partial charge >= 0.3 is 0 Å². The molecule has 8 nitrogen and oxygen atoms in total. The number of aryl methyl sites for hydroxylation is 1. The van der Waals surface area contributed by atoms with E-state index in [-0.39, 0.29) is 0 Å². The molecule has 2 atom stereocenters. The Labute approximate surface area is 193 Å². The Morgan fingerprint density at radius 1 is 1.28 bits per heavy atom. The molecule has 2 aromatic rings. The molecule has 1 aliphatic heterocycles. The molecule has 0 radical (unpaired) electrons. The number of nitrogens with zero attached hydrogens (tertiary/aromatic N) is 3. The van der Waals surface area contributed by atoms with Crippen molar-refractivity contribution >= 4 is 23.5 Å². The average Bonchev–Trinajstić information content (AvgIpc) is 3.02. The molecule has 0 amide bonds. The molecule has 2 N–H and O–H groups in total. The molecule has 32 heavy (non-hydrogen) atoms. The van der Waals surface area contributed by atoms with Crippen LogP contribution in [0.4, 0.5) is 0 Å². The number of imidazole rings is 1. The van der Waals surface area contributed by atoms with E-state index in [2.05, 4.69) is 27.4 Å². The third kappa shape index (κ3) is 8.88. The third-order valence-corrected chi connectivity index (χ3v) is 5.63. The lowest BCUT2D eigenvalue weighted by atomic mass is 10.1. The van der Waals surface area contributed by atoms with Gasteiger partial charge in [0.05, 0.1) is 12.9 Å². The van der Waals surface area contributed by atoms with Crippen LogP contribution in [0.1, 0.15) is 39.2 Å². The van der Waals surface area contributed by atoms with Crippen LogP contribution in [0.25, 0.3) is 0 Å². The molecular formula is C23H32ClN3O5. The van der Waals surface area contributed by atoms with E-state index in [4.69, 9.17) is 36.1 Å². The van der Waals surface area contributed by atoms with Crippen molar-refractivity contribution in [2.75, 3.05) is 19.7 Å². The van der Waals surface area contributed by atoms with Crippen LogP contribution < -0.4 is 4.74 Å². The van der Waals surface area contributed by atoms with Gasteiger partial charge in [-0.25, -0.2) is 4.98 Å². The molecule has 2 unspecified atom stereocenters. The summed E-state index contributed by atoms with van der Waals surface area (Å²) in [5.74, 6) is 0.201. The summed E-state index contributed by atoms with van der Waals surface area (Å²) in [6.07, 6.45) is 7.98. The highest BCUT2D eigenvalue weighted by Crippen LogP contribution is 2.57. The summed E-state index contributed by atoms with van der Waals surface area (Å²) in [6.45, 7) is 9.54. The summed E-state index contributed by atoms with van der Waals surface area (Å²) in [5, 5.41) is 15.6. The molecule has 1 saturated carbocycles. The third-order valence-electron chi connectivity index (χ3n) is 5.40. The molecule has 1 aliphatic carbocycles. The van der Waals surface area contributed by atoms with E-state index in [1.165, 1.54) is 25.1 Å². The van der Waals surface area contributed by atoms with Gasteiger partial charge in [0.25, 0.3) is 11.9 Å². The summed E-state index contributed by atoms with van der Waals surface area (Å²) < 4.78 is 8.12. The molecule has 2 fully saturated rings. The van der Waals surface area contributed by atoms with Gasteiger partial charge in [-0.2, -0.15) is 0 Å². The van der Waals surface area contributed by atoms with Crippen molar-refractivity contribution in [1.82, 2.24) is 14.5 Å². The van der Waals surface area contributed by atoms with Crippen molar-refractivity contribution < 1.29 is 24.5 Å². The maximum Gasteiger partial charge on any atom is 0.300 e. The summed E-state index contributed by atoms with van der Waals surface area (Å²) in [4.78, 5) is 24.6. The number of hydrogen-bond donors (Lipinski definition) is 2. The van der Waals surface area contributed by atoms with Gasteiger partial charge in [-0.05, 0) is 42.4 Å². The largest absolute Gasteiger partial charge is 0.493 e. The van der Waals surface area contributed by atoms with Crippen LogP contribution in [0.5, 0.6) is 5.75 Å². The number of aromatic nitrogens is 2. The summed E-state index contributed by atoms with van der Waals surface area (Å²) in [6, 6.07) is 5.98. The van der Waals surface area contributed by atoms with Crippen LogP contribution in [0.3, 0.4) is 0 Å². The summed E-state index contributed by atoms with van der Waals surface area (Å²) in [7, 11) is 0. The van der Waals surface area contributed by atoms with Gasteiger partial charge in [0.2, 0.25) is 0 Å². The maximum atomic E-state index is 9.00. The van der Waals surface area contributed by atoms with E-state index in [9.17, 15) is 0 Å². The highest BCUT2D eigenvalue weighted by Gasteiger charge is 2.55. The van der Waals surface area contributed by atoms with E-state index in [1.54, 1.807) is 6.20 Å². The predicted octanol–water partition coefficient (Wildman–Crippen LogP) is 4.03. The van der Waals surface area contributed by atoms with Crippen molar-refractivity contribution in [2.24, 2.45) is 11.3 Å². The van der Waals surface area contributed by atoms with Crippen molar-refractivity contribution in [3.63, 3.8) is 0 Å². The first-order valence-electron chi connectivity index (χ1n) is 10.6. The number of ether oxygens (including phenoxy) is 1. The van der Waals surface area contributed by atoms with E-state index >= 15 is 0 Å². The Hall–Kier alpha value is -2.58. The molecule has 4 rings (SSSR count). The topological polar surface area (TPSA) is 105 Å². The Morgan fingerprint density at radius 2 is 1.97 bits per heavy atom. The lowest BCUT2D eigenvalue weighted by Gasteiger charge is -2.21. The normalized spacial score (nSPS) is 20.8. The number of carboxylic acid groups (broad SMARTS) is 2. The van der Waals surface area contributed by atoms with Crippen molar-refractivity contribution in [2.45, 2.75) is 46.7 Å². The number of aliphatic carboxylic acids is 2. The van der Waals surface area contributed by atoms with E-state index in [1.807, 2.05) is 24.7 Å². The van der Waals surface area contributed by atoms with Gasteiger partial charge < -0.3 is 19.5 Å². The lowest BCUT2D eigenvalue weighted by molar-refractivity contribution is -0.135. The summed E-state index contributed by atoms with van der Waals surface area (Å²) >= 11 is 6.21. The number of halogens is 1. The maximum absolute atomic E-state index is 9.00. The van der Waals surface area contributed by atoms with Crippen molar-refractivity contribution in [3.05, 3.63) is 47.5 Å². The second-order valence-corrected chi connectivity index (χ2v) is 8.95. The zero-order chi connectivity index (χ0) is 23.7. The number of rotatable bonds is 7. The minimum Gasteiger partial charge on any atom is -0.493 e. The molecule has 2 aliphatic rings. The fourth-order valence-electron chi connectivity index (χ4n) is 3.89. The van der Waals surface area contributed by atoms with E-state index < -0.39 is 11.9 Å². The van der Waals surface area contributed by atoms with Crippen LogP contribution >= 0.6 is 11.6 Å². The Balaban J connectivity index is 0.000000395. The number of likely N-dealkylation sites (tertiary alicyclic amines) is 1. The van der Waals surface area contributed by atoms with Crippen LogP contribution in [0.2, 0.25) is 5.02 Å². The Morgan fingerprint density at radius 3 is 2.53 bits per heavy atom. The van der Waals surface area contributed by atoms with Gasteiger partial charge in [0, 0.05) is 63.0 Å². The first kappa shape index (κ1) is 25.7. The fraction of sp³-hybridized carbons (Fsp3) is 0.522. The van der Waals surface area contributed by atoms with Gasteiger partial charge in [0.15, 0.2) is 0 Å². The SMILES string of the molecule is CC(=O)O.CC(=O)O.CC12CC1CN(Cc1cc(Cl)ccc1OCCCn1ccnc1)C2. The Kier molecular flexibility index (Phi) is 9.53. The standard InChI is InChI=1S/C19H24ClN3O.2C2H4O2/c1-19-10-16(19)12-23(13-19)11-15-9-17(20)3-4-18(15)24-8-2-6-22-7-5-21-14-22;2*1-2(3)4/h3-5,7,9,14,16H,2,6,8,10-13H2,1H3;2*1H3,(H,3,4). The molecule has 1 aromatic carbocycles. The number of benzene rings is 1. The average molecular weight is 466 g/mol. The number of carboxylic acids is 2. The molecule has 0 spiro atoms. The van der Waals surface area contributed by atoms with Crippen LogP contribution in [-0.4, -0.2) is 56.3 Å². The highest BCUT2D eigenvalue weighted by atomic mass is 35.5. The lowest BCUT2D eigenvalue weighted by Crippen LogP contribution is -2.24. The first-order chi connectivity index (χ1) is 15.1. The van der Waals surface area contributed by atoms with Gasteiger partial charge in [-0.15, -0.1) is 0 Å². The molecule has 176 valence electrons. The fourth-order valence-corrected chi connectivity index (χ4v) is 4.09. The van der Waals surface area contributed by atoms with Gasteiger partial charge in [-0.1, -0.05) is 18.5 Å². The molecule has 1 aromatic heterocycles. The number of piperidine rings is 1. The predicted molar refractivity (Wildman–Crippen MR) is 122 cm³/mol. The number of fused-ring (bicyclic) bond motifs is 1. The van der Waals surface area contributed by atoms with Crippen LogP contribution in [0, 0.1) is 11.3 Å². The summed E-state index contributed by atoms with van der Waals surface area (Å²) in [5.41, 5.74) is 1.78. The first-order valence-corrected chi connectivity index (χ1v) is 11.0. The molecule has 2 heterocycles. The molecule has 0 bridgehead atoms. The zero-order valence-corrected chi connectivity index (χ0v) is 19.6. The van der Waals surface area contributed by atoms with Crippen molar-refractivity contribution in [3.8, 4) is 5.75 Å². The second-order valence-electron chi connectivity index (χ2n) is 8.52. The number of carbonyl (C=O) groups is 2. The van der Waals surface area contributed by atoms with Gasteiger partial charge in [-0.3, -0.25) is 14.5 Å². The van der Waals surface area contributed by atoms with Crippen molar-refractivity contribution in [1.29, 1.82) is 0 Å². The van der Waals surface area contributed by atoms with E-state index in [0.29, 0.717) is 12.0 Å². The van der Waals surface area contributed by atoms with Crippen LogP contribution in [-0.2, 0) is 22.7 Å². The minimum absolute atomic E-state index is 0.574.